The minimum Gasteiger partial charge on any atom is -0.342 e. The van der Waals surface area contributed by atoms with Crippen LogP contribution in [-0.4, -0.2) is 82.1 Å². The van der Waals surface area contributed by atoms with Gasteiger partial charge in [0.1, 0.15) is 0 Å². The van der Waals surface area contributed by atoms with Gasteiger partial charge in [0.05, 0.1) is 17.6 Å². The number of fused-ring (bicyclic) bond motifs is 1. The number of nitrogens with zero attached hydrogens (tertiary/aromatic N) is 5. The van der Waals surface area contributed by atoms with E-state index in [-0.39, 0.29) is 23.1 Å². The van der Waals surface area contributed by atoms with Gasteiger partial charge in [-0.3, -0.25) is 19.3 Å². The van der Waals surface area contributed by atoms with Gasteiger partial charge in [-0.1, -0.05) is 49.2 Å². The third-order valence-corrected chi connectivity index (χ3v) is 6.99. The molecule has 0 atom stereocenters. The van der Waals surface area contributed by atoms with Crippen molar-refractivity contribution >= 4 is 22.6 Å². The number of carbonyl (C=O) groups excluding carboxylic acids is 2. The Hall–Kier alpha value is -3.52. The Morgan fingerprint density at radius 2 is 1.34 bits per heavy atom. The maximum Gasteiger partial charge on any atom is 0.279 e. The fourth-order valence-electron chi connectivity index (χ4n) is 4.96. The van der Waals surface area contributed by atoms with Gasteiger partial charge in [-0.15, -0.1) is 0 Å². The first-order chi connectivity index (χ1) is 17.1. The second-order valence-corrected chi connectivity index (χ2v) is 9.31. The number of hydrogen-bond acceptors (Lipinski definition) is 5. The number of piperazine rings is 1. The number of amides is 2. The predicted octanol–water partition coefficient (Wildman–Crippen LogP) is 2.55. The van der Waals surface area contributed by atoms with E-state index in [9.17, 15) is 14.4 Å². The number of benzene rings is 2. The molecular formula is C27H31N5O3. The van der Waals surface area contributed by atoms with Crippen molar-refractivity contribution < 1.29 is 9.59 Å². The molecule has 2 fully saturated rings. The van der Waals surface area contributed by atoms with Gasteiger partial charge in [0.25, 0.3) is 11.5 Å². The van der Waals surface area contributed by atoms with Gasteiger partial charge in [0.2, 0.25) is 5.91 Å². The van der Waals surface area contributed by atoms with Gasteiger partial charge in [0.15, 0.2) is 5.69 Å². The largest absolute Gasteiger partial charge is 0.342 e. The van der Waals surface area contributed by atoms with Gasteiger partial charge in [-0.2, -0.15) is 9.78 Å². The van der Waals surface area contributed by atoms with Crippen LogP contribution >= 0.6 is 0 Å². The lowest BCUT2D eigenvalue weighted by Gasteiger charge is -2.35. The van der Waals surface area contributed by atoms with E-state index in [1.165, 1.54) is 17.5 Å². The Balaban J connectivity index is 1.32. The minimum atomic E-state index is -0.250. The molecule has 2 saturated heterocycles. The molecule has 0 aliphatic carbocycles. The van der Waals surface area contributed by atoms with Crippen molar-refractivity contribution in [1.82, 2.24) is 24.5 Å². The fraction of sp³-hybridized carbons (Fsp3) is 0.407. The molecule has 8 heteroatoms. The number of rotatable bonds is 4. The molecule has 0 unspecified atom stereocenters. The SMILES string of the molecule is O=C(CN1CCN(C(=O)c2nn(-c3ccccc3)c(=O)c3ccccc23)CC1)N1CCCCCC1. The first-order valence-corrected chi connectivity index (χ1v) is 12.5. The number of para-hydroxylation sites is 1. The first-order valence-electron chi connectivity index (χ1n) is 12.5. The highest BCUT2D eigenvalue weighted by Crippen LogP contribution is 2.18. The smallest absolute Gasteiger partial charge is 0.279 e. The van der Waals surface area contributed by atoms with Gasteiger partial charge in [-0.25, -0.2) is 0 Å². The first kappa shape index (κ1) is 23.2. The lowest BCUT2D eigenvalue weighted by atomic mass is 10.1. The molecule has 3 aromatic rings. The topological polar surface area (TPSA) is 78.8 Å². The Labute approximate surface area is 204 Å². The Bertz CT molecular complexity index is 1260. The molecule has 0 radical (unpaired) electrons. The van der Waals surface area contributed by atoms with Crippen LogP contribution in [0, 0.1) is 0 Å². The molecule has 0 N–H and O–H groups in total. The standard InChI is InChI=1S/C27H31N5O3/c33-24(30-14-8-1-2-9-15-30)20-29-16-18-31(19-17-29)27(35)25-22-12-6-7-13-23(22)26(34)32(28-25)21-10-4-3-5-11-21/h3-7,10-13H,1-2,8-9,14-20H2. The van der Waals surface area contributed by atoms with Crippen LogP contribution in [0.1, 0.15) is 36.2 Å². The van der Waals surface area contributed by atoms with Crippen molar-refractivity contribution in [2.75, 3.05) is 45.8 Å². The van der Waals surface area contributed by atoms with Crippen molar-refractivity contribution in [1.29, 1.82) is 0 Å². The Morgan fingerprint density at radius 3 is 2.03 bits per heavy atom. The zero-order chi connectivity index (χ0) is 24.2. The molecule has 5 rings (SSSR count). The second kappa shape index (κ2) is 10.4. The summed E-state index contributed by atoms with van der Waals surface area (Å²) >= 11 is 0. The van der Waals surface area contributed by atoms with Crippen LogP contribution in [-0.2, 0) is 4.79 Å². The summed E-state index contributed by atoms with van der Waals surface area (Å²) in [6.45, 7) is 4.44. The van der Waals surface area contributed by atoms with Crippen LogP contribution in [0.5, 0.6) is 0 Å². The zero-order valence-electron chi connectivity index (χ0n) is 19.9. The van der Waals surface area contributed by atoms with E-state index in [2.05, 4.69) is 10.00 Å². The van der Waals surface area contributed by atoms with Crippen LogP contribution in [0.25, 0.3) is 16.5 Å². The van der Waals surface area contributed by atoms with Crippen LogP contribution in [0.2, 0.25) is 0 Å². The highest BCUT2D eigenvalue weighted by atomic mass is 16.2. The van der Waals surface area contributed by atoms with E-state index in [0.29, 0.717) is 49.2 Å². The summed E-state index contributed by atoms with van der Waals surface area (Å²) < 4.78 is 1.31. The number of aromatic nitrogens is 2. The van der Waals surface area contributed by atoms with Crippen molar-refractivity contribution in [3.8, 4) is 5.69 Å². The quantitative estimate of drug-likeness (QED) is 0.582. The highest BCUT2D eigenvalue weighted by Gasteiger charge is 2.27. The molecule has 2 aliphatic heterocycles. The predicted molar refractivity (Wildman–Crippen MR) is 135 cm³/mol. The monoisotopic (exact) mass is 473 g/mol. The lowest BCUT2D eigenvalue weighted by Crippen LogP contribution is -2.52. The highest BCUT2D eigenvalue weighted by molar-refractivity contribution is 6.04. The summed E-state index contributed by atoms with van der Waals surface area (Å²) in [6.07, 6.45) is 4.57. The van der Waals surface area contributed by atoms with Gasteiger partial charge >= 0.3 is 0 Å². The Kier molecular flexibility index (Phi) is 6.90. The summed E-state index contributed by atoms with van der Waals surface area (Å²) in [5.41, 5.74) is 0.646. The van der Waals surface area contributed by atoms with E-state index in [4.69, 9.17) is 0 Å². The van der Waals surface area contributed by atoms with E-state index in [1.54, 1.807) is 35.2 Å². The molecule has 2 aliphatic rings. The summed E-state index contributed by atoms with van der Waals surface area (Å²) in [5.74, 6) is -0.00125. The summed E-state index contributed by atoms with van der Waals surface area (Å²) in [5, 5.41) is 5.55. The van der Waals surface area contributed by atoms with E-state index < -0.39 is 0 Å². The average Bonchev–Trinajstić information content (AvgIpc) is 3.20. The van der Waals surface area contributed by atoms with Gasteiger partial charge in [0, 0.05) is 44.7 Å². The number of hydrogen-bond donors (Lipinski definition) is 0. The van der Waals surface area contributed by atoms with Crippen molar-refractivity contribution in [2.45, 2.75) is 25.7 Å². The molecule has 0 spiro atoms. The summed E-state index contributed by atoms with van der Waals surface area (Å²) in [4.78, 5) is 45.4. The third-order valence-electron chi connectivity index (χ3n) is 6.99. The molecule has 0 saturated carbocycles. The maximum absolute atomic E-state index is 13.6. The third kappa shape index (κ3) is 4.98. The van der Waals surface area contributed by atoms with Gasteiger partial charge < -0.3 is 9.80 Å². The number of carbonyl (C=O) groups is 2. The zero-order valence-corrected chi connectivity index (χ0v) is 19.9. The lowest BCUT2D eigenvalue weighted by molar-refractivity contribution is -0.132. The summed E-state index contributed by atoms with van der Waals surface area (Å²) in [7, 11) is 0. The minimum absolute atomic E-state index is 0.189. The molecule has 0 bridgehead atoms. The van der Waals surface area contributed by atoms with Crippen molar-refractivity contribution in [3.63, 3.8) is 0 Å². The molecule has 8 nitrogen and oxygen atoms in total. The van der Waals surface area contributed by atoms with Crippen molar-refractivity contribution in [3.05, 3.63) is 70.6 Å². The molecule has 3 heterocycles. The fourth-order valence-corrected chi connectivity index (χ4v) is 4.96. The van der Waals surface area contributed by atoms with E-state index >= 15 is 0 Å². The molecule has 2 amide bonds. The van der Waals surface area contributed by atoms with Crippen LogP contribution in [0.3, 0.4) is 0 Å². The summed E-state index contributed by atoms with van der Waals surface area (Å²) in [6, 6.07) is 16.3. The van der Waals surface area contributed by atoms with Crippen LogP contribution in [0.15, 0.2) is 59.4 Å². The number of likely N-dealkylation sites (tertiary alicyclic amines) is 1. The molecule has 35 heavy (non-hydrogen) atoms. The van der Waals surface area contributed by atoms with Crippen LogP contribution in [0.4, 0.5) is 0 Å². The molecule has 1 aromatic heterocycles. The Morgan fingerprint density at radius 1 is 0.714 bits per heavy atom. The van der Waals surface area contributed by atoms with E-state index in [0.717, 1.165) is 25.9 Å². The second-order valence-electron chi connectivity index (χ2n) is 9.31. The maximum atomic E-state index is 13.6. The van der Waals surface area contributed by atoms with Crippen LogP contribution < -0.4 is 5.56 Å². The van der Waals surface area contributed by atoms with Gasteiger partial charge in [-0.05, 0) is 31.0 Å². The van der Waals surface area contributed by atoms with E-state index in [1.807, 2.05) is 29.2 Å². The van der Waals surface area contributed by atoms with Crippen molar-refractivity contribution in [2.24, 2.45) is 0 Å². The average molecular weight is 474 g/mol. The molecule has 2 aromatic carbocycles. The molecule has 182 valence electrons. The normalized spacial score (nSPS) is 17.4. The molecular weight excluding hydrogens is 442 g/mol.